The molecule has 3 heteroatoms. The SMILES string of the molecule is O[C@@H]1C(I)=CC=C[C@@H]1O. The molecule has 0 aromatic rings. The monoisotopic (exact) mass is 238 g/mol. The Kier molecular flexibility index (Phi) is 2.26. The molecule has 9 heavy (non-hydrogen) atoms. The van der Waals surface area contributed by atoms with Crippen LogP contribution < -0.4 is 0 Å². The Bertz CT molecular complexity index is 162. The Labute approximate surface area is 67.0 Å². The van der Waals surface area contributed by atoms with E-state index in [9.17, 15) is 0 Å². The summed E-state index contributed by atoms with van der Waals surface area (Å²) in [5.41, 5.74) is 0. The van der Waals surface area contributed by atoms with Crippen LogP contribution >= 0.6 is 22.6 Å². The number of hydrogen-bond acceptors (Lipinski definition) is 2. The maximum Gasteiger partial charge on any atom is 0.114 e. The molecule has 0 radical (unpaired) electrons. The number of allylic oxidation sites excluding steroid dienone is 2. The zero-order chi connectivity index (χ0) is 6.85. The number of halogens is 1. The third-order valence-corrected chi connectivity index (χ3v) is 2.17. The minimum atomic E-state index is -0.720. The van der Waals surface area contributed by atoms with Crippen molar-refractivity contribution in [2.24, 2.45) is 0 Å². The molecule has 0 amide bonds. The number of aliphatic hydroxyl groups is 2. The van der Waals surface area contributed by atoms with Gasteiger partial charge in [-0.25, -0.2) is 0 Å². The molecule has 2 nitrogen and oxygen atoms in total. The molecule has 0 aliphatic heterocycles. The lowest BCUT2D eigenvalue weighted by atomic mass is 10.1. The summed E-state index contributed by atoms with van der Waals surface area (Å²) in [7, 11) is 0. The van der Waals surface area contributed by atoms with Gasteiger partial charge in [-0.15, -0.1) is 0 Å². The van der Waals surface area contributed by atoms with Crippen LogP contribution in [0.25, 0.3) is 0 Å². The molecule has 2 N–H and O–H groups in total. The first-order valence-electron chi connectivity index (χ1n) is 2.62. The van der Waals surface area contributed by atoms with Crippen molar-refractivity contribution < 1.29 is 10.2 Å². The van der Waals surface area contributed by atoms with Gasteiger partial charge in [0.15, 0.2) is 0 Å². The van der Waals surface area contributed by atoms with Crippen molar-refractivity contribution in [3.63, 3.8) is 0 Å². The predicted molar refractivity (Wildman–Crippen MR) is 43.3 cm³/mol. The fourth-order valence-electron chi connectivity index (χ4n) is 0.628. The predicted octanol–water partition coefficient (Wildman–Crippen LogP) is 0.597. The fraction of sp³-hybridized carbons (Fsp3) is 0.333. The van der Waals surface area contributed by atoms with Crippen LogP contribution in [0, 0.1) is 0 Å². The summed E-state index contributed by atoms with van der Waals surface area (Å²) in [5.74, 6) is 0. The molecule has 0 heterocycles. The average molecular weight is 238 g/mol. The van der Waals surface area contributed by atoms with Gasteiger partial charge in [-0.05, 0) is 22.6 Å². The summed E-state index contributed by atoms with van der Waals surface area (Å²) >= 11 is 2.00. The molecule has 0 spiro atoms. The van der Waals surface area contributed by atoms with Gasteiger partial charge >= 0.3 is 0 Å². The zero-order valence-corrected chi connectivity index (χ0v) is 6.82. The molecule has 0 aromatic heterocycles. The maximum absolute atomic E-state index is 9.07. The molecule has 1 aliphatic rings. The summed E-state index contributed by atoms with van der Waals surface area (Å²) in [5, 5.41) is 18.0. The quantitative estimate of drug-likeness (QED) is 0.606. The Morgan fingerprint density at radius 3 is 2.56 bits per heavy atom. The fourth-order valence-corrected chi connectivity index (χ4v) is 1.20. The summed E-state index contributed by atoms with van der Waals surface area (Å²) in [4.78, 5) is 0. The van der Waals surface area contributed by atoms with E-state index in [1.807, 2.05) is 22.6 Å². The first kappa shape index (κ1) is 7.24. The molecule has 0 aromatic carbocycles. The number of aliphatic hydroxyl groups excluding tert-OH is 2. The summed E-state index contributed by atoms with van der Waals surface area (Å²) in [6.07, 6.45) is 3.64. The molecule has 1 aliphatic carbocycles. The van der Waals surface area contributed by atoms with E-state index in [2.05, 4.69) is 0 Å². The van der Waals surface area contributed by atoms with E-state index >= 15 is 0 Å². The van der Waals surface area contributed by atoms with Crippen LogP contribution in [0.5, 0.6) is 0 Å². The molecule has 50 valence electrons. The minimum Gasteiger partial charge on any atom is -0.386 e. The average Bonchev–Trinajstić information content (AvgIpc) is 1.83. The Morgan fingerprint density at radius 2 is 2.11 bits per heavy atom. The zero-order valence-electron chi connectivity index (χ0n) is 4.66. The van der Waals surface area contributed by atoms with Gasteiger partial charge in [0.05, 0.1) is 0 Å². The lowest BCUT2D eigenvalue weighted by Crippen LogP contribution is -2.25. The van der Waals surface area contributed by atoms with Crippen LogP contribution in [-0.2, 0) is 0 Å². The third kappa shape index (κ3) is 1.53. The van der Waals surface area contributed by atoms with Gasteiger partial charge in [0.2, 0.25) is 0 Å². The first-order chi connectivity index (χ1) is 4.22. The molecule has 0 unspecified atom stereocenters. The lowest BCUT2D eigenvalue weighted by molar-refractivity contribution is 0.0782. The van der Waals surface area contributed by atoms with Crippen LogP contribution in [-0.4, -0.2) is 22.4 Å². The van der Waals surface area contributed by atoms with E-state index < -0.39 is 12.2 Å². The van der Waals surface area contributed by atoms with Gasteiger partial charge in [-0.2, -0.15) is 0 Å². The first-order valence-corrected chi connectivity index (χ1v) is 3.69. The lowest BCUT2D eigenvalue weighted by Gasteiger charge is -2.16. The third-order valence-electron chi connectivity index (χ3n) is 1.17. The van der Waals surface area contributed by atoms with E-state index in [-0.39, 0.29) is 0 Å². The van der Waals surface area contributed by atoms with Gasteiger partial charge < -0.3 is 10.2 Å². The minimum absolute atomic E-state index is 0.712. The Balaban J connectivity index is 2.73. The van der Waals surface area contributed by atoms with E-state index in [0.29, 0.717) is 0 Å². The second-order valence-electron chi connectivity index (χ2n) is 1.87. The molecular formula is C6H7IO2. The highest BCUT2D eigenvalue weighted by atomic mass is 127. The highest BCUT2D eigenvalue weighted by Gasteiger charge is 2.17. The van der Waals surface area contributed by atoms with Crippen LogP contribution in [0.2, 0.25) is 0 Å². The van der Waals surface area contributed by atoms with E-state index in [1.165, 1.54) is 0 Å². The van der Waals surface area contributed by atoms with Crippen molar-refractivity contribution in [1.82, 2.24) is 0 Å². The second-order valence-corrected chi connectivity index (χ2v) is 3.12. The molecule has 1 rings (SSSR count). The number of rotatable bonds is 0. The van der Waals surface area contributed by atoms with Crippen LogP contribution in [0.4, 0.5) is 0 Å². The van der Waals surface area contributed by atoms with Gasteiger partial charge in [0.1, 0.15) is 12.2 Å². The van der Waals surface area contributed by atoms with Gasteiger partial charge in [-0.1, -0.05) is 18.2 Å². The van der Waals surface area contributed by atoms with Gasteiger partial charge in [0.25, 0.3) is 0 Å². The van der Waals surface area contributed by atoms with Crippen LogP contribution in [0.3, 0.4) is 0 Å². The van der Waals surface area contributed by atoms with Crippen molar-refractivity contribution in [3.8, 4) is 0 Å². The van der Waals surface area contributed by atoms with Crippen LogP contribution in [0.15, 0.2) is 21.8 Å². The normalized spacial score (nSPS) is 34.3. The second kappa shape index (κ2) is 2.81. The Morgan fingerprint density at radius 1 is 1.44 bits per heavy atom. The summed E-state index contributed by atoms with van der Waals surface area (Å²) in [6.45, 7) is 0. The highest BCUT2D eigenvalue weighted by molar-refractivity contribution is 14.1. The van der Waals surface area contributed by atoms with Crippen molar-refractivity contribution in [2.45, 2.75) is 12.2 Å². The topological polar surface area (TPSA) is 40.5 Å². The van der Waals surface area contributed by atoms with Crippen molar-refractivity contribution in [2.75, 3.05) is 0 Å². The molecule has 2 atom stereocenters. The molecule has 0 bridgehead atoms. The van der Waals surface area contributed by atoms with E-state index in [4.69, 9.17) is 10.2 Å². The van der Waals surface area contributed by atoms with E-state index in [0.717, 1.165) is 3.58 Å². The van der Waals surface area contributed by atoms with Crippen molar-refractivity contribution >= 4 is 22.6 Å². The highest BCUT2D eigenvalue weighted by Crippen LogP contribution is 2.18. The van der Waals surface area contributed by atoms with Gasteiger partial charge in [0, 0.05) is 3.58 Å². The molecule has 0 saturated carbocycles. The standard InChI is InChI=1S/C6H7IO2/c7-4-2-1-3-5(8)6(4)9/h1-3,5-6,8-9H/t5-,6+/m0/s1. The molecule has 0 saturated heterocycles. The molecule has 0 fully saturated rings. The van der Waals surface area contributed by atoms with Gasteiger partial charge in [-0.3, -0.25) is 0 Å². The maximum atomic E-state index is 9.07. The number of hydrogen-bond donors (Lipinski definition) is 2. The van der Waals surface area contributed by atoms with Crippen molar-refractivity contribution in [3.05, 3.63) is 21.8 Å². The van der Waals surface area contributed by atoms with Crippen LogP contribution in [0.1, 0.15) is 0 Å². The van der Waals surface area contributed by atoms with E-state index in [1.54, 1.807) is 18.2 Å². The largest absolute Gasteiger partial charge is 0.386 e. The molecular weight excluding hydrogens is 231 g/mol. The smallest absolute Gasteiger partial charge is 0.114 e. The van der Waals surface area contributed by atoms with Crippen molar-refractivity contribution in [1.29, 1.82) is 0 Å². The summed E-state index contributed by atoms with van der Waals surface area (Å²) in [6, 6.07) is 0. The Hall–Kier alpha value is 0.130. The summed E-state index contributed by atoms with van der Waals surface area (Å²) < 4.78 is 0.780.